The van der Waals surface area contributed by atoms with Gasteiger partial charge in [0.15, 0.2) is 0 Å². The number of thiazole rings is 1. The molecular weight excluding hydrogens is 251 g/mol. The third-order valence-corrected chi connectivity index (χ3v) is 3.10. The summed E-state index contributed by atoms with van der Waals surface area (Å²) >= 11 is 1.25. The number of rotatable bonds is 2. The first-order chi connectivity index (χ1) is 8.00. The molecule has 89 valence electrons. The molecule has 1 aromatic carbocycles. The van der Waals surface area contributed by atoms with Gasteiger partial charge in [-0.2, -0.15) is 13.2 Å². The fraction of sp³-hybridized carbons (Fsp3) is 0.182. The molecule has 0 aliphatic carbocycles. The largest absolute Gasteiger partial charge is 0.416 e. The van der Waals surface area contributed by atoms with Crippen LogP contribution in [0.5, 0.6) is 0 Å². The second-order valence-corrected chi connectivity index (χ2v) is 4.22. The van der Waals surface area contributed by atoms with Crippen molar-refractivity contribution in [3.8, 4) is 10.6 Å². The SMILES string of the molecule is [O]Cc1csc(-c2ccc(C(F)(F)F)cc2)n1. The van der Waals surface area contributed by atoms with Crippen LogP contribution >= 0.6 is 11.3 Å². The number of nitrogens with zero attached hydrogens (tertiary/aromatic N) is 1. The van der Waals surface area contributed by atoms with Gasteiger partial charge in [0.1, 0.15) is 11.6 Å². The summed E-state index contributed by atoms with van der Waals surface area (Å²) in [6.45, 7) is -0.420. The molecule has 1 aromatic heterocycles. The highest BCUT2D eigenvalue weighted by molar-refractivity contribution is 7.13. The normalized spacial score (nSPS) is 11.8. The van der Waals surface area contributed by atoms with Crippen LogP contribution in [0.2, 0.25) is 0 Å². The Labute approximate surface area is 99.4 Å². The zero-order valence-electron chi connectivity index (χ0n) is 8.49. The van der Waals surface area contributed by atoms with E-state index < -0.39 is 18.3 Å². The van der Waals surface area contributed by atoms with Gasteiger partial charge in [0.05, 0.1) is 11.3 Å². The molecule has 0 aliphatic rings. The number of halogens is 3. The summed E-state index contributed by atoms with van der Waals surface area (Å²) in [6, 6.07) is 4.73. The van der Waals surface area contributed by atoms with Gasteiger partial charge >= 0.3 is 6.18 Å². The van der Waals surface area contributed by atoms with Gasteiger partial charge in [0.25, 0.3) is 0 Å². The maximum Gasteiger partial charge on any atom is 0.416 e. The van der Waals surface area contributed by atoms with Gasteiger partial charge in [-0.25, -0.2) is 10.1 Å². The molecule has 0 saturated heterocycles. The number of hydrogen-bond acceptors (Lipinski definition) is 2. The van der Waals surface area contributed by atoms with Crippen LogP contribution in [0.4, 0.5) is 13.2 Å². The van der Waals surface area contributed by atoms with Crippen molar-refractivity contribution < 1.29 is 18.3 Å². The van der Waals surface area contributed by atoms with E-state index in [9.17, 15) is 18.3 Å². The standard InChI is InChI=1S/C11H7F3NOS/c12-11(13,14)8-3-1-7(2-4-8)10-15-9(5-16)6-17-10/h1-4,6H,5H2. The minimum absolute atomic E-state index is 0.407. The Morgan fingerprint density at radius 3 is 2.29 bits per heavy atom. The van der Waals surface area contributed by atoms with Crippen LogP contribution in [0.1, 0.15) is 11.3 Å². The summed E-state index contributed by atoms with van der Waals surface area (Å²) in [6.07, 6.45) is -4.33. The van der Waals surface area contributed by atoms with Crippen LogP contribution in [0.15, 0.2) is 29.6 Å². The minimum atomic E-state index is -4.33. The predicted molar refractivity (Wildman–Crippen MR) is 56.9 cm³/mol. The lowest BCUT2D eigenvalue weighted by atomic mass is 10.1. The number of hydrogen-bond donors (Lipinski definition) is 0. The van der Waals surface area contributed by atoms with E-state index in [0.717, 1.165) is 12.1 Å². The van der Waals surface area contributed by atoms with Crippen molar-refractivity contribution in [2.45, 2.75) is 12.8 Å². The molecule has 2 rings (SSSR count). The molecule has 0 unspecified atom stereocenters. The van der Waals surface area contributed by atoms with Crippen LogP contribution in [-0.4, -0.2) is 4.98 Å². The average Bonchev–Trinajstić information content (AvgIpc) is 2.76. The molecule has 0 spiro atoms. The van der Waals surface area contributed by atoms with E-state index in [-0.39, 0.29) is 0 Å². The Morgan fingerprint density at radius 1 is 1.18 bits per heavy atom. The molecule has 0 amide bonds. The highest BCUT2D eigenvalue weighted by Crippen LogP contribution is 2.31. The fourth-order valence-electron chi connectivity index (χ4n) is 1.31. The Bertz CT molecular complexity index is 504. The first kappa shape index (κ1) is 12.1. The topological polar surface area (TPSA) is 32.8 Å². The van der Waals surface area contributed by atoms with E-state index >= 15 is 0 Å². The second kappa shape index (κ2) is 4.46. The molecule has 0 aliphatic heterocycles. The molecule has 1 heterocycles. The molecule has 0 N–H and O–H groups in total. The Balaban J connectivity index is 2.29. The fourth-order valence-corrected chi connectivity index (χ4v) is 2.12. The van der Waals surface area contributed by atoms with Crippen LogP contribution in [0.3, 0.4) is 0 Å². The molecule has 6 heteroatoms. The van der Waals surface area contributed by atoms with E-state index in [2.05, 4.69) is 4.98 Å². The summed E-state index contributed by atoms with van der Waals surface area (Å²) in [5.74, 6) is 0. The maximum atomic E-state index is 12.3. The van der Waals surface area contributed by atoms with Gasteiger partial charge in [-0.15, -0.1) is 11.3 Å². The Kier molecular flexibility index (Phi) is 3.17. The zero-order valence-corrected chi connectivity index (χ0v) is 9.31. The Hall–Kier alpha value is -1.40. The summed E-state index contributed by atoms with van der Waals surface area (Å²) in [7, 11) is 0. The van der Waals surface area contributed by atoms with Crippen molar-refractivity contribution >= 4 is 11.3 Å². The first-order valence-corrected chi connectivity index (χ1v) is 5.59. The molecule has 1 radical (unpaired) electrons. The van der Waals surface area contributed by atoms with Gasteiger partial charge in [0, 0.05) is 10.9 Å². The van der Waals surface area contributed by atoms with Gasteiger partial charge < -0.3 is 0 Å². The van der Waals surface area contributed by atoms with Gasteiger partial charge in [-0.1, -0.05) is 12.1 Å². The van der Waals surface area contributed by atoms with E-state index in [1.54, 1.807) is 5.38 Å². The first-order valence-electron chi connectivity index (χ1n) is 4.71. The highest BCUT2D eigenvalue weighted by Gasteiger charge is 2.30. The summed E-state index contributed by atoms with van der Waals surface area (Å²) in [5.41, 5.74) is 0.300. The smallest absolute Gasteiger partial charge is 0.239 e. The molecule has 0 bridgehead atoms. The molecule has 0 fully saturated rings. The van der Waals surface area contributed by atoms with Gasteiger partial charge in [-0.05, 0) is 12.1 Å². The minimum Gasteiger partial charge on any atom is -0.239 e. The van der Waals surface area contributed by atoms with Crippen molar-refractivity contribution in [2.24, 2.45) is 0 Å². The van der Waals surface area contributed by atoms with Crippen LogP contribution < -0.4 is 0 Å². The number of benzene rings is 1. The van der Waals surface area contributed by atoms with E-state index in [1.807, 2.05) is 0 Å². The third kappa shape index (κ3) is 2.65. The molecule has 2 aromatic rings. The highest BCUT2D eigenvalue weighted by atomic mass is 32.1. The van der Waals surface area contributed by atoms with Crippen LogP contribution in [-0.2, 0) is 17.9 Å². The molecule has 2 nitrogen and oxygen atoms in total. The van der Waals surface area contributed by atoms with Crippen molar-refractivity contribution in [2.75, 3.05) is 0 Å². The van der Waals surface area contributed by atoms with E-state index in [0.29, 0.717) is 16.3 Å². The second-order valence-electron chi connectivity index (χ2n) is 3.36. The Morgan fingerprint density at radius 2 is 1.82 bits per heavy atom. The van der Waals surface area contributed by atoms with Gasteiger partial charge in [0.2, 0.25) is 0 Å². The molecular formula is C11H7F3NOS. The lowest BCUT2D eigenvalue weighted by Gasteiger charge is -2.06. The average molecular weight is 258 g/mol. The lowest BCUT2D eigenvalue weighted by Crippen LogP contribution is -2.03. The number of aromatic nitrogens is 1. The summed E-state index contributed by atoms with van der Waals surface area (Å²) in [4.78, 5) is 4.02. The van der Waals surface area contributed by atoms with Crippen LogP contribution in [0, 0.1) is 0 Å². The maximum absolute atomic E-state index is 12.3. The molecule has 17 heavy (non-hydrogen) atoms. The third-order valence-electron chi connectivity index (χ3n) is 2.16. The predicted octanol–water partition coefficient (Wildman–Crippen LogP) is 3.76. The monoisotopic (exact) mass is 258 g/mol. The zero-order chi connectivity index (χ0) is 12.5. The summed E-state index contributed by atoms with van der Waals surface area (Å²) in [5, 5.41) is 12.7. The molecule has 0 atom stereocenters. The van der Waals surface area contributed by atoms with Crippen molar-refractivity contribution in [1.29, 1.82) is 0 Å². The van der Waals surface area contributed by atoms with Crippen molar-refractivity contribution in [3.63, 3.8) is 0 Å². The van der Waals surface area contributed by atoms with Crippen molar-refractivity contribution in [1.82, 2.24) is 4.98 Å². The van der Waals surface area contributed by atoms with E-state index in [4.69, 9.17) is 0 Å². The lowest BCUT2D eigenvalue weighted by molar-refractivity contribution is -0.137. The van der Waals surface area contributed by atoms with Gasteiger partial charge in [-0.3, -0.25) is 0 Å². The van der Waals surface area contributed by atoms with Crippen molar-refractivity contribution in [3.05, 3.63) is 40.9 Å². The van der Waals surface area contributed by atoms with Crippen LogP contribution in [0.25, 0.3) is 10.6 Å². The quantitative estimate of drug-likeness (QED) is 0.807. The molecule has 0 saturated carbocycles. The summed E-state index contributed by atoms with van der Waals surface area (Å²) < 4.78 is 37.0. The van der Waals surface area contributed by atoms with E-state index in [1.165, 1.54) is 23.5 Å². The number of alkyl halides is 3.